The zero-order valence-corrected chi connectivity index (χ0v) is 14.2. The lowest BCUT2D eigenvalue weighted by Crippen LogP contribution is -2.32. The normalized spacial score (nSPS) is 11.1. The van der Waals surface area contributed by atoms with Crippen molar-refractivity contribution in [3.05, 3.63) is 30.2 Å². The van der Waals surface area contributed by atoms with Gasteiger partial charge in [-0.2, -0.15) is 0 Å². The van der Waals surface area contributed by atoms with E-state index in [0.29, 0.717) is 12.3 Å². The topological polar surface area (TPSA) is 58.9 Å². The molecular weight excluding hydrogens is 292 g/mol. The number of nitrogens with one attached hydrogen (secondary N) is 1. The molecule has 23 heavy (non-hydrogen) atoms. The lowest BCUT2D eigenvalue weighted by molar-refractivity contribution is -0.123. The number of carbonyl (C=O) groups excluding carboxylic acids is 1. The first-order valence-electron chi connectivity index (χ1n) is 8.20. The van der Waals surface area contributed by atoms with Gasteiger partial charge in [-0.1, -0.05) is 13.8 Å². The Bertz CT molecular complexity index is 635. The van der Waals surface area contributed by atoms with E-state index in [1.807, 2.05) is 35.9 Å². The van der Waals surface area contributed by atoms with Crippen LogP contribution < -0.4 is 10.1 Å². The lowest BCUT2D eigenvalue weighted by atomic mass is 10.3. The number of pyridine rings is 1. The van der Waals surface area contributed by atoms with E-state index in [9.17, 15) is 4.79 Å². The fourth-order valence-corrected chi connectivity index (χ4v) is 2.49. The van der Waals surface area contributed by atoms with Crippen LogP contribution in [0.5, 0.6) is 5.75 Å². The van der Waals surface area contributed by atoms with Crippen molar-refractivity contribution in [3.63, 3.8) is 0 Å². The molecule has 0 fully saturated rings. The standard InChI is InChI=1S/C17H26N4O2/c1-4-20(5-2)10-7-9-18-16(22)13-23-15-8-6-11-21-12-14(3)19-17(15)21/h6,8,11-12H,4-5,7,9-10,13H2,1-3H3,(H,18,22). The monoisotopic (exact) mass is 318 g/mol. The number of aryl methyl sites for hydroxylation is 1. The molecule has 0 aliphatic carbocycles. The van der Waals surface area contributed by atoms with Crippen molar-refractivity contribution in [2.24, 2.45) is 0 Å². The quantitative estimate of drug-likeness (QED) is 0.717. The fraction of sp³-hybridized carbons (Fsp3) is 0.529. The number of aromatic nitrogens is 2. The Morgan fingerprint density at radius 3 is 2.91 bits per heavy atom. The summed E-state index contributed by atoms with van der Waals surface area (Å²) in [5.74, 6) is 0.522. The molecular formula is C17H26N4O2. The van der Waals surface area contributed by atoms with Gasteiger partial charge in [-0.3, -0.25) is 4.79 Å². The molecule has 0 aliphatic rings. The number of fused-ring (bicyclic) bond motifs is 1. The third-order valence-corrected chi connectivity index (χ3v) is 3.79. The van der Waals surface area contributed by atoms with E-state index in [2.05, 4.69) is 29.0 Å². The number of nitrogens with zero attached hydrogens (tertiary/aromatic N) is 3. The van der Waals surface area contributed by atoms with Crippen LogP contribution in [0.25, 0.3) is 5.65 Å². The third kappa shape index (κ3) is 4.96. The molecule has 126 valence electrons. The van der Waals surface area contributed by atoms with Gasteiger partial charge in [0.2, 0.25) is 0 Å². The Labute approximate surface area is 137 Å². The van der Waals surface area contributed by atoms with Gasteiger partial charge in [0.1, 0.15) is 0 Å². The first-order chi connectivity index (χ1) is 11.1. The lowest BCUT2D eigenvalue weighted by Gasteiger charge is -2.17. The summed E-state index contributed by atoms with van der Waals surface area (Å²) in [6.45, 7) is 9.99. The highest BCUT2D eigenvalue weighted by Gasteiger charge is 2.08. The van der Waals surface area contributed by atoms with Gasteiger partial charge in [0.05, 0.1) is 5.69 Å². The van der Waals surface area contributed by atoms with Gasteiger partial charge in [-0.15, -0.1) is 0 Å². The second kappa shape index (κ2) is 8.53. The summed E-state index contributed by atoms with van der Waals surface area (Å²) in [5, 5.41) is 2.89. The Morgan fingerprint density at radius 1 is 1.39 bits per heavy atom. The van der Waals surface area contributed by atoms with E-state index in [1.165, 1.54) is 0 Å². The number of imidazole rings is 1. The molecule has 1 amide bonds. The molecule has 0 aliphatic heterocycles. The highest BCUT2D eigenvalue weighted by atomic mass is 16.5. The summed E-state index contributed by atoms with van der Waals surface area (Å²) < 4.78 is 7.50. The zero-order valence-electron chi connectivity index (χ0n) is 14.2. The highest BCUT2D eigenvalue weighted by molar-refractivity contribution is 5.77. The van der Waals surface area contributed by atoms with Crippen LogP contribution in [0.4, 0.5) is 0 Å². The summed E-state index contributed by atoms with van der Waals surface area (Å²) in [6.07, 6.45) is 4.79. The summed E-state index contributed by atoms with van der Waals surface area (Å²) in [5.41, 5.74) is 1.65. The number of amides is 1. The summed E-state index contributed by atoms with van der Waals surface area (Å²) >= 11 is 0. The predicted octanol–water partition coefficient (Wildman–Crippen LogP) is 1.87. The molecule has 2 rings (SSSR count). The Hall–Kier alpha value is -2.08. The van der Waals surface area contributed by atoms with Gasteiger partial charge >= 0.3 is 0 Å². The van der Waals surface area contributed by atoms with E-state index in [0.717, 1.165) is 37.4 Å². The summed E-state index contributed by atoms with van der Waals surface area (Å²) in [6, 6.07) is 3.71. The van der Waals surface area contributed by atoms with E-state index in [-0.39, 0.29) is 12.5 Å². The second-order valence-corrected chi connectivity index (χ2v) is 5.50. The number of hydrogen-bond acceptors (Lipinski definition) is 4. The maximum absolute atomic E-state index is 11.9. The second-order valence-electron chi connectivity index (χ2n) is 5.50. The molecule has 0 bridgehead atoms. The minimum atomic E-state index is -0.102. The molecule has 0 unspecified atom stereocenters. The third-order valence-electron chi connectivity index (χ3n) is 3.79. The number of rotatable bonds is 9. The Morgan fingerprint density at radius 2 is 2.17 bits per heavy atom. The van der Waals surface area contributed by atoms with E-state index < -0.39 is 0 Å². The molecule has 2 heterocycles. The number of carbonyl (C=O) groups is 1. The zero-order chi connectivity index (χ0) is 16.7. The first-order valence-corrected chi connectivity index (χ1v) is 8.20. The molecule has 6 heteroatoms. The molecule has 6 nitrogen and oxygen atoms in total. The molecule has 1 N–H and O–H groups in total. The van der Waals surface area contributed by atoms with E-state index in [1.54, 1.807) is 0 Å². The number of ether oxygens (including phenoxy) is 1. The first kappa shape index (κ1) is 17.3. The van der Waals surface area contributed by atoms with Crippen molar-refractivity contribution in [3.8, 4) is 5.75 Å². The maximum atomic E-state index is 11.9. The summed E-state index contributed by atoms with van der Waals surface area (Å²) in [4.78, 5) is 18.6. The van der Waals surface area contributed by atoms with Crippen LogP contribution in [0, 0.1) is 6.92 Å². The SMILES string of the molecule is CCN(CC)CCCNC(=O)COc1cccn2cc(C)nc12. The molecule has 0 saturated heterocycles. The van der Waals surface area contributed by atoms with Crippen LogP contribution in [0.15, 0.2) is 24.5 Å². The van der Waals surface area contributed by atoms with Crippen molar-refractivity contribution in [2.75, 3.05) is 32.8 Å². The fourth-order valence-electron chi connectivity index (χ4n) is 2.49. The van der Waals surface area contributed by atoms with Crippen LogP contribution >= 0.6 is 0 Å². The molecule has 0 saturated carbocycles. The van der Waals surface area contributed by atoms with Gasteiger partial charge in [0.15, 0.2) is 18.0 Å². The van der Waals surface area contributed by atoms with Gasteiger partial charge in [-0.25, -0.2) is 4.98 Å². The van der Waals surface area contributed by atoms with Crippen LogP contribution in [0.1, 0.15) is 26.0 Å². The minimum absolute atomic E-state index is 0.0108. The average molecular weight is 318 g/mol. The highest BCUT2D eigenvalue weighted by Crippen LogP contribution is 2.18. The van der Waals surface area contributed by atoms with Gasteiger partial charge in [0.25, 0.3) is 5.91 Å². The largest absolute Gasteiger partial charge is 0.480 e. The number of hydrogen-bond donors (Lipinski definition) is 1. The Balaban J connectivity index is 1.75. The van der Waals surface area contributed by atoms with Crippen LogP contribution in [-0.2, 0) is 4.79 Å². The summed E-state index contributed by atoms with van der Waals surface area (Å²) in [7, 11) is 0. The molecule has 0 spiro atoms. The van der Waals surface area contributed by atoms with Crippen molar-refractivity contribution >= 4 is 11.6 Å². The van der Waals surface area contributed by atoms with Crippen LogP contribution in [-0.4, -0.2) is 53.0 Å². The molecule has 0 aromatic carbocycles. The molecule has 0 radical (unpaired) electrons. The van der Waals surface area contributed by atoms with Crippen molar-refractivity contribution in [1.82, 2.24) is 19.6 Å². The van der Waals surface area contributed by atoms with E-state index in [4.69, 9.17) is 4.74 Å². The van der Waals surface area contributed by atoms with E-state index >= 15 is 0 Å². The molecule has 2 aromatic rings. The van der Waals surface area contributed by atoms with Crippen molar-refractivity contribution in [2.45, 2.75) is 27.2 Å². The van der Waals surface area contributed by atoms with Crippen LogP contribution in [0.3, 0.4) is 0 Å². The van der Waals surface area contributed by atoms with Crippen LogP contribution in [0.2, 0.25) is 0 Å². The average Bonchev–Trinajstić information content (AvgIpc) is 2.93. The van der Waals surface area contributed by atoms with Gasteiger partial charge in [-0.05, 0) is 45.1 Å². The van der Waals surface area contributed by atoms with Gasteiger partial charge < -0.3 is 19.4 Å². The molecule has 0 atom stereocenters. The van der Waals surface area contributed by atoms with Crippen molar-refractivity contribution < 1.29 is 9.53 Å². The predicted molar refractivity (Wildman–Crippen MR) is 90.8 cm³/mol. The minimum Gasteiger partial charge on any atom is -0.480 e. The maximum Gasteiger partial charge on any atom is 0.257 e. The van der Waals surface area contributed by atoms with Gasteiger partial charge in [0, 0.05) is 18.9 Å². The Kier molecular flexibility index (Phi) is 6.40. The van der Waals surface area contributed by atoms with Crippen molar-refractivity contribution in [1.29, 1.82) is 0 Å². The molecule has 2 aromatic heterocycles. The smallest absolute Gasteiger partial charge is 0.257 e.